The van der Waals surface area contributed by atoms with E-state index < -0.39 is 17.6 Å². The molecular weight excluding hydrogens is 268 g/mol. The van der Waals surface area contributed by atoms with Crippen LogP contribution < -0.4 is 0 Å². The van der Waals surface area contributed by atoms with E-state index in [0.29, 0.717) is 5.65 Å². The Morgan fingerprint density at radius 3 is 2.65 bits per heavy atom. The van der Waals surface area contributed by atoms with Crippen LogP contribution in [-0.4, -0.2) is 25.7 Å². The number of pyridine rings is 1. The topological polar surface area (TPSA) is 67.5 Å². The van der Waals surface area contributed by atoms with Gasteiger partial charge in [-0.25, -0.2) is 23.1 Å². The molecule has 2 heterocycles. The zero-order valence-electron chi connectivity index (χ0n) is 9.92. The highest BCUT2D eigenvalue weighted by Crippen LogP contribution is 2.19. The molecule has 100 valence electrons. The van der Waals surface area contributed by atoms with Gasteiger partial charge in [0.2, 0.25) is 0 Å². The van der Waals surface area contributed by atoms with Gasteiger partial charge in [-0.3, -0.25) is 0 Å². The summed E-state index contributed by atoms with van der Waals surface area (Å²) in [5, 5.41) is 13.1. The molecule has 0 bridgehead atoms. The third-order valence-corrected chi connectivity index (χ3v) is 2.76. The highest BCUT2D eigenvalue weighted by molar-refractivity contribution is 5.86. The van der Waals surface area contributed by atoms with Crippen LogP contribution >= 0.6 is 0 Å². The van der Waals surface area contributed by atoms with Gasteiger partial charge in [-0.15, -0.1) is 5.10 Å². The highest BCUT2D eigenvalue weighted by atomic mass is 19.2. The van der Waals surface area contributed by atoms with Gasteiger partial charge in [0.25, 0.3) is 0 Å². The van der Waals surface area contributed by atoms with Crippen molar-refractivity contribution >= 4 is 11.6 Å². The molecule has 0 fully saturated rings. The normalized spacial score (nSPS) is 10.9. The summed E-state index contributed by atoms with van der Waals surface area (Å²) in [5.74, 6) is -3.02. The van der Waals surface area contributed by atoms with Crippen LogP contribution in [0.25, 0.3) is 17.0 Å². The van der Waals surface area contributed by atoms with Crippen LogP contribution in [0, 0.1) is 11.6 Å². The lowest BCUT2D eigenvalue weighted by Gasteiger charge is -1.97. The second-order valence-electron chi connectivity index (χ2n) is 4.05. The van der Waals surface area contributed by atoms with E-state index >= 15 is 0 Å². The van der Waals surface area contributed by atoms with Gasteiger partial charge in [-0.05, 0) is 30.3 Å². The first-order valence-electron chi connectivity index (χ1n) is 5.61. The number of carbonyl (C=O) groups is 1. The number of nitrogens with zero attached hydrogens (tertiary/aromatic N) is 3. The Hall–Kier alpha value is -2.83. The number of hydrogen-bond acceptors (Lipinski definition) is 3. The zero-order chi connectivity index (χ0) is 14.3. The molecule has 0 unspecified atom stereocenters. The van der Waals surface area contributed by atoms with Crippen LogP contribution in [0.5, 0.6) is 0 Å². The van der Waals surface area contributed by atoms with E-state index in [2.05, 4.69) is 10.1 Å². The van der Waals surface area contributed by atoms with E-state index in [1.165, 1.54) is 18.2 Å². The molecule has 0 saturated carbocycles. The predicted molar refractivity (Wildman–Crippen MR) is 65.3 cm³/mol. The molecule has 2 aromatic heterocycles. The lowest BCUT2D eigenvalue weighted by molar-refractivity contribution is 0.0687. The van der Waals surface area contributed by atoms with Crippen LogP contribution in [0.1, 0.15) is 10.5 Å². The van der Waals surface area contributed by atoms with E-state index in [0.717, 1.165) is 16.6 Å². The largest absolute Gasteiger partial charge is 0.477 e. The number of carboxylic acid groups (broad SMARTS) is 1. The molecule has 0 aliphatic carbocycles. The van der Waals surface area contributed by atoms with Crippen LogP contribution in [0.3, 0.4) is 0 Å². The Morgan fingerprint density at radius 2 is 1.95 bits per heavy atom. The molecule has 7 heteroatoms. The molecule has 20 heavy (non-hydrogen) atoms. The minimum atomic E-state index is -1.16. The molecule has 3 aromatic rings. The maximum Gasteiger partial charge on any atom is 0.354 e. The smallest absolute Gasteiger partial charge is 0.354 e. The van der Waals surface area contributed by atoms with Gasteiger partial charge in [0.05, 0.1) is 0 Å². The number of aromatic carboxylic acids is 1. The quantitative estimate of drug-likeness (QED) is 0.779. The van der Waals surface area contributed by atoms with Crippen molar-refractivity contribution in [3.8, 4) is 11.4 Å². The van der Waals surface area contributed by atoms with Crippen LogP contribution in [0.15, 0.2) is 36.4 Å². The van der Waals surface area contributed by atoms with Crippen molar-refractivity contribution in [2.45, 2.75) is 0 Å². The zero-order valence-corrected chi connectivity index (χ0v) is 9.92. The number of rotatable bonds is 2. The molecule has 0 radical (unpaired) electrons. The molecule has 3 rings (SSSR count). The average molecular weight is 275 g/mol. The highest BCUT2D eigenvalue weighted by Gasteiger charge is 2.14. The Bertz CT molecular complexity index is 830. The van der Waals surface area contributed by atoms with Gasteiger partial charge in [0, 0.05) is 5.56 Å². The fourth-order valence-corrected chi connectivity index (χ4v) is 1.82. The molecule has 0 atom stereocenters. The first-order valence-corrected chi connectivity index (χ1v) is 5.61. The van der Waals surface area contributed by atoms with Gasteiger partial charge in [0.15, 0.2) is 28.8 Å². The standard InChI is InChI=1S/C13H7F2N3O2/c14-8-5-4-7(6-9(8)15)12-16-11-3-1-2-10(13(19)20)18(11)17-12/h1-6H,(H,19,20). The maximum atomic E-state index is 13.2. The molecule has 1 N–H and O–H groups in total. The van der Waals surface area contributed by atoms with Crippen molar-refractivity contribution < 1.29 is 18.7 Å². The van der Waals surface area contributed by atoms with Crippen molar-refractivity contribution in [1.29, 1.82) is 0 Å². The molecule has 0 aliphatic rings. The molecule has 0 spiro atoms. The SMILES string of the molecule is O=C(O)c1cccc2nc(-c3ccc(F)c(F)c3)nn12. The van der Waals surface area contributed by atoms with Crippen molar-refractivity contribution in [2.24, 2.45) is 0 Å². The lowest BCUT2D eigenvalue weighted by atomic mass is 10.2. The fourth-order valence-electron chi connectivity index (χ4n) is 1.82. The van der Waals surface area contributed by atoms with Crippen molar-refractivity contribution in [1.82, 2.24) is 14.6 Å². The van der Waals surface area contributed by atoms with Crippen LogP contribution in [0.2, 0.25) is 0 Å². The Labute approximate surface area is 111 Å². The summed E-state index contributed by atoms with van der Waals surface area (Å²) >= 11 is 0. The van der Waals surface area contributed by atoms with Gasteiger partial charge in [0.1, 0.15) is 0 Å². The van der Waals surface area contributed by atoms with Gasteiger partial charge in [-0.1, -0.05) is 6.07 Å². The number of aromatic nitrogens is 3. The third-order valence-electron chi connectivity index (χ3n) is 2.76. The summed E-state index contributed by atoms with van der Waals surface area (Å²) in [6, 6.07) is 7.73. The monoisotopic (exact) mass is 275 g/mol. The Balaban J connectivity index is 2.20. The molecule has 5 nitrogen and oxygen atoms in total. The lowest BCUT2D eigenvalue weighted by Crippen LogP contribution is -2.05. The third kappa shape index (κ3) is 1.89. The molecule has 1 aromatic carbocycles. The van der Waals surface area contributed by atoms with E-state index in [9.17, 15) is 13.6 Å². The number of hydrogen-bond donors (Lipinski definition) is 1. The summed E-state index contributed by atoms with van der Waals surface area (Å²) < 4.78 is 27.2. The molecule has 0 aliphatic heterocycles. The number of halogens is 2. The first kappa shape index (κ1) is 12.2. The van der Waals surface area contributed by atoms with Gasteiger partial charge < -0.3 is 5.11 Å². The number of benzene rings is 1. The molecule has 0 saturated heterocycles. The first-order chi connectivity index (χ1) is 9.56. The second kappa shape index (κ2) is 4.37. The van der Waals surface area contributed by atoms with E-state index in [4.69, 9.17) is 5.11 Å². The molecule has 0 amide bonds. The summed E-state index contributed by atoms with van der Waals surface area (Å²) in [6.45, 7) is 0. The summed E-state index contributed by atoms with van der Waals surface area (Å²) in [7, 11) is 0. The average Bonchev–Trinajstić information content (AvgIpc) is 2.85. The Morgan fingerprint density at radius 1 is 1.15 bits per heavy atom. The summed E-state index contributed by atoms with van der Waals surface area (Å²) in [5.41, 5.74) is 0.511. The minimum absolute atomic E-state index is 0.0659. The van der Waals surface area contributed by atoms with Crippen LogP contribution in [0.4, 0.5) is 8.78 Å². The number of carboxylic acids is 1. The number of fused-ring (bicyclic) bond motifs is 1. The molecular formula is C13H7F2N3O2. The Kier molecular flexibility index (Phi) is 2.67. The maximum absolute atomic E-state index is 13.2. The van der Waals surface area contributed by atoms with Gasteiger partial charge in [-0.2, -0.15) is 0 Å². The van der Waals surface area contributed by atoms with Gasteiger partial charge >= 0.3 is 5.97 Å². The fraction of sp³-hybridized carbons (Fsp3) is 0. The van der Waals surface area contributed by atoms with Crippen molar-refractivity contribution in [3.63, 3.8) is 0 Å². The van der Waals surface area contributed by atoms with Crippen molar-refractivity contribution in [3.05, 3.63) is 53.7 Å². The van der Waals surface area contributed by atoms with Crippen LogP contribution in [-0.2, 0) is 0 Å². The minimum Gasteiger partial charge on any atom is -0.477 e. The second-order valence-corrected chi connectivity index (χ2v) is 4.05. The van der Waals surface area contributed by atoms with E-state index in [1.54, 1.807) is 6.07 Å². The summed E-state index contributed by atoms with van der Waals surface area (Å²) in [6.07, 6.45) is 0. The van der Waals surface area contributed by atoms with Crippen molar-refractivity contribution in [2.75, 3.05) is 0 Å². The summed E-state index contributed by atoms with van der Waals surface area (Å²) in [4.78, 5) is 15.2. The predicted octanol–water partition coefficient (Wildman–Crippen LogP) is 2.37. The van der Waals surface area contributed by atoms with E-state index in [1.807, 2.05) is 0 Å². The van der Waals surface area contributed by atoms with E-state index in [-0.39, 0.29) is 17.1 Å².